The molecule has 0 aliphatic heterocycles. The second kappa shape index (κ2) is 1.97. The summed E-state index contributed by atoms with van der Waals surface area (Å²) < 4.78 is 59.5. The van der Waals surface area contributed by atoms with Gasteiger partial charge < -0.3 is 0 Å². The largest absolute Gasteiger partial charge is 0.472 e. The molecule has 0 fully saturated rings. The van der Waals surface area contributed by atoms with E-state index in [0.717, 1.165) is 6.07 Å². The fourth-order valence-corrected chi connectivity index (χ4v) is 1.45. The zero-order chi connectivity index (χ0) is 10.4. The zero-order valence-electron chi connectivity index (χ0n) is 6.55. The lowest BCUT2D eigenvalue weighted by Gasteiger charge is -2.33. The number of rotatable bonds is 1. The Morgan fingerprint density at radius 2 is 1.69 bits per heavy atom. The summed E-state index contributed by atoms with van der Waals surface area (Å²) in [6.45, 7) is 1.31. The van der Waals surface area contributed by atoms with Crippen LogP contribution in [-0.4, -0.2) is 0 Å². The van der Waals surface area contributed by atoms with Crippen molar-refractivity contribution in [1.29, 1.82) is 0 Å². The van der Waals surface area contributed by atoms with Gasteiger partial charge in [0.2, 0.25) is 0 Å². The van der Waals surface area contributed by atoms with E-state index in [9.17, 15) is 19.4 Å². The molecule has 0 bridgehead atoms. The van der Waals surface area contributed by atoms with Crippen molar-refractivity contribution in [3.63, 3.8) is 0 Å². The maximum atomic E-state index is 12.1. The molecule has 0 atom stereocenters. The van der Waals surface area contributed by atoms with Gasteiger partial charge >= 0.3 is 10.4 Å². The Labute approximate surface area is 71.7 Å². The van der Waals surface area contributed by atoms with E-state index in [0.29, 0.717) is 12.4 Å². The standard InChI is InChI=1S/C6H7F5NS/c1-6-3-2-4-12(5-6)13(7,8,9,10)11/h2-5H,1H3/q+1. The van der Waals surface area contributed by atoms with Crippen LogP contribution in [0.3, 0.4) is 0 Å². The third kappa shape index (κ3) is 2.55. The van der Waals surface area contributed by atoms with Gasteiger partial charge in [0.1, 0.15) is 0 Å². The predicted octanol–water partition coefficient (Wildman–Crippen LogP) is 3.34. The smallest absolute Gasteiger partial charge is 0.0607 e. The minimum absolute atomic E-state index is 0.121. The van der Waals surface area contributed by atoms with E-state index >= 15 is 0 Å². The van der Waals surface area contributed by atoms with Crippen LogP contribution >= 0.6 is 10.4 Å². The van der Waals surface area contributed by atoms with Crippen LogP contribution in [0.25, 0.3) is 0 Å². The SMILES string of the molecule is Cc1ccc[n+](S(F)(F)(F)(F)F)c1. The quantitative estimate of drug-likeness (QED) is 0.504. The molecule has 7 heteroatoms. The van der Waals surface area contributed by atoms with Crippen LogP contribution in [0.5, 0.6) is 0 Å². The van der Waals surface area contributed by atoms with Crippen molar-refractivity contribution in [2.75, 3.05) is 0 Å². The number of hydrogen-bond donors (Lipinski definition) is 0. The molecule has 0 aromatic carbocycles. The summed E-state index contributed by atoms with van der Waals surface area (Å²) in [5.41, 5.74) is 0.121. The molecule has 0 saturated heterocycles. The van der Waals surface area contributed by atoms with Crippen molar-refractivity contribution < 1.29 is 23.4 Å². The van der Waals surface area contributed by atoms with Crippen LogP contribution in [-0.2, 0) is 0 Å². The van der Waals surface area contributed by atoms with E-state index in [4.69, 9.17) is 0 Å². The Morgan fingerprint density at radius 1 is 1.15 bits per heavy atom. The lowest BCUT2D eigenvalue weighted by Crippen LogP contribution is -2.45. The molecule has 1 heterocycles. The molecule has 1 rings (SSSR count). The van der Waals surface area contributed by atoms with E-state index in [-0.39, 0.29) is 5.56 Å². The van der Waals surface area contributed by atoms with E-state index in [1.165, 1.54) is 13.0 Å². The highest BCUT2D eigenvalue weighted by Gasteiger charge is 2.73. The number of aryl methyl sites for hydroxylation is 1. The third-order valence-electron chi connectivity index (χ3n) is 1.32. The van der Waals surface area contributed by atoms with Crippen molar-refractivity contribution in [3.05, 3.63) is 30.1 Å². The van der Waals surface area contributed by atoms with Gasteiger partial charge in [0.15, 0.2) is 12.4 Å². The van der Waals surface area contributed by atoms with Gasteiger partial charge in [0, 0.05) is 11.6 Å². The molecular formula is C6H7F5NS+. The molecule has 0 N–H and O–H groups in total. The second-order valence-electron chi connectivity index (χ2n) is 2.67. The Morgan fingerprint density at radius 3 is 2.00 bits per heavy atom. The highest BCUT2D eigenvalue weighted by atomic mass is 32.5. The summed E-state index contributed by atoms with van der Waals surface area (Å²) in [7, 11) is -9.54. The van der Waals surface area contributed by atoms with Crippen LogP contribution in [0.15, 0.2) is 24.5 Å². The lowest BCUT2D eigenvalue weighted by atomic mass is 10.3. The Kier molecular flexibility index (Phi) is 1.55. The molecule has 1 nitrogen and oxygen atoms in total. The minimum Gasteiger partial charge on any atom is -0.0607 e. The van der Waals surface area contributed by atoms with Crippen molar-refractivity contribution in [2.45, 2.75) is 6.92 Å². The molecule has 0 unspecified atom stereocenters. The fraction of sp³-hybridized carbons (Fsp3) is 0.167. The van der Waals surface area contributed by atoms with Gasteiger partial charge in [0.05, 0.1) is 0 Å². The molecule has 0 spiro atoms. The van der Waals surface area contributed by atoms with E-state index in [1.54, 1.807) is 0 Å². The first kappa shape index (κ1) is 10.2. The molecule has 0 saturated carbocycles. The Balaban J connectivity index is 3.41. The number of nitrogens with zero attached hydrogens (tertiary/aromatic N) is 1. The third-order valence-corrected chi connectivity index (χ3v) is 2.35. The van der Waals surface area contributed by atoms with Gasteiger partial charge in [-0.1, -0.05) is 3.97 Å². The van der Waals surface area contributed by atoms with Crippen molar-refractivity contribution in [1.82, 2.24) is 0 Å². The number of aromatic nitrogens is 1. The Bertz CT molecular complexity index is 342. The first-order chi connectivity index (χ1) is 5.49. The van der Waals surface area contributed by atoms with Gasteiger partial charge in [-0.2, -0.15) is 0 Å². The first-order valence-electron chi connectivity index (χ1n) is 3.21. The van der Waals surface area contributed by atoms with Crippen LogP contribution in [0, 0.1) is 6.92 Å². The van der Waals surface area contributed by atoms with E-state index < -0.39 is 14.4 Å². The maximum Gasteiger partial charge on any atom is 0.472 e. The van der Waals surface area contributed by atoms with Gasteiger partial charge in [-0.15, -0.1) is 0 Å². The van der Waals surface area contributed by atoms with Crippen LogP contribution in [0.1, 0.15) is 5.56 Å². The monoisotopic (exact) mass is 220 g/mol. The number of pyridine rings is 1. The minimum atomic E-state index is -9.54. The van der Waals surface area contributed by atoms with Crippen LogP contribution < -0.4 is 3.97 Å². The summed E-state index contributed by atoms with van der Waals surface area (Å²) in [5, 5.41) is 0. The molecule has 0 aliphatic carbocycles. The van der Waals surface area contributed by atoms with E-state index in [2.05, 4.69) is 0 Å². The van der Waals surface area contributed by atoms with Gasteiger partial charge in [-0.25, -0.2) is 0 Å². The molecule has 1 aromatic rings. The topological polar surface area (TPSA) is 3.88 Å². The van der Waals surface area contributed by atoms with Gasteiger partial charge in [0.25, 0.3) is 0 Å². The Hall–Kier alpha value is -0.850. The molecule has 0 aliphatic rings. The summed E-state index contributed by atoms with van der Waals surface area (Å²) in [5.74, 6) is 0. The van der Waals surface area contributed by atoms with E-state index in [1.807, 2.05) is 0 Å². The van der Waals surface area contributed by atoms with Crippen LogP contribution in [0.4, 0.5) is 19.4 Å². The zero-order valence-corrected chi connectivity index (χ0v) is 7.37. The summed E-state index contributed by atoms with van der Waals surface area (Å²) in [4.78, 5) is 0. The first-order valence-corrected chi connectivity index (χ1v) is 5.12. The maximum absolute atomic E-state index is 12.1. The van der Waals surface area contributed by atoms with Crippen molar-refractivity contribution >= 4 is 10.4 Å². The molecule has 0 amide bonds. The summed E-state index contributed by atoms with van der Waals surface area (Å²) >= 11 is 0. The average Bonchev–Trinajstić information content (AvgIpc) is 1.82. The molecule has 1 aromatic heterocycles. The summed E-state index contributed by atoms with van der Waals surface area (Å²) in [6.07, 6.45) is 0.663. The number of hydrogen-bond acceptors (Lipinski definition) is 0. The molecule has 13 heavy (non-hydrogen) atoms. The molecule has 76 valence electrons. The highest BCUT2D eigenvalue weighted by Crippen LogP contribution is 2.93. The van der Waals surface area contributed by atoms with Gasteiger partial charge in [-0.3, -0.25) is 0 Å². The molecule has 0 radical (unpaired) electrons. The second-order valence-corrected chi connectivity index (χ2v) is 4.95. The van der Waals surface area contributed by atoms with Gasteiger partial charge in [-0.05, 0) is 32.4 Å². The number of halogens is 5. The average molecular weight is 220 g/mol. The predicted molar refractivity (Wildman–Crippen MR) is 39.9 cm³/mol. The van der Waals surface area contributed by atoms with Crippen molar-refractivity contribution in [3.8, 4) is 0 Å². The van der Waals surface area contributed by atoms with Crippen LogP contribution in [0.2, 0.25) is 0 Å². The van der Waals surface area contributed by atoms with Crippen molar-refractivity contribution in [2.24, 2.45) is 0 Å². The lowest BCUT2D eigenvalue weighted by molar-refractivity contribution is -0.553. The normalized spacial score (nSPS) is 17.7. The fourth-order valence-electron chi connectivity index (χ4n) is 0.781. The highest BCUT2D eigenvalue weighted by molar-refractivity contribution is 8.40. The summed E-state index contributed by atoms with van der Waals surface area (Å²) in [6, 6.07) is 2.23. The molecular weight excluding hydrogens is 213 g/mol.